The third-order valence-corrected chi connectivity index (χ3v) is 3.02. The average molecular weight is 231 g/mol. The van der Waals surface area contributed by atoms with Crippen molar-refractivity contribution in [3.8, 4) is 0 Å². The summed E-state index contributed by atoms with van der Waals surface area (Å²) in [6, 6.07) is 7.27. The number of aromatic carboxylic acids is 1. The molecule has 3 nitrogen and oxygen atoms in total. The average Bonchev–Trinajstić information content (AvgIpc) is 2.72. The van der Waals surface area contributed by atoms with Crippen LogP contribution in [0.1, 0.15) is 36.5 Å². The third-order valence-electron chi connectivity index (χ3n) is 3.02. The first-order valence-corrected chi connectivity index (χ1v) is 6.04. The summed E-state index contributed by atoms with van der Waals surface area (Å²) in [6.07, 6.45) is 5.64. The molecule has 0 aliphatic heterocycles. The number of nitrogens with zero attached hydrogens (tertiary/aromatic N) is 1. The summed E-state index contributed by atoms with van der Waals surface area (Å²) in [5.74, 6) is -0.870. The first kappa shape index (κ1) is 11.7. The molecule has 0 atom stereocenters. The molecule has 0 aliphatic rings. The summed E-state index contributed by atoms with van der Waals surface area (Å²) in [7, 11) is 0. The van der Waals surface area contributed by atoms with Gasteiger partial charge in [-0.1, -0.05) is 19.8 Å². The van der Waals surface area contributed by atoms with Gasteiger partial charge in [-0.05, 0) is 30.7 Å². The summed E-state index contributed by atoms with van der Waals surface area (Å²) < 4.78 is 2.19. The van der Waals surface area contributed by atoms with Crippen LogP contribution in [0.2, 0.25) is 0 Å². The van der Waals surface area contributed by atoms with Crippen LogP contribution in [0.15, 0.2) is 30.5 Å². The van der Waals surface area contributed by atoms with Gasteiger partial charge in [-0.25, -0.2) is 4.79 Å². The number of rotatable bonds is 5. The quantitative estimate of drug-likeness (QED) is 0.800. The Bertz CT molecular complexity index is 528. The molecule has 1 aromatic carbocycles. The molecule has 0 saturated carbocycles. The molecule has 2 rings (SSSR count). The van der Waals surface area contributed by atoms with Gasteiger partial charge in [0.1, 0.15) is 0 Å². The van der Waals surface area contributed by atoms with Crippen molar-refractivity contribution in [1.82, 2.24) is 4.57 Å². The lowest BCUT2D eigenvalue weighted by molar-refractivity contribution is 0.0697. The maximum Gasteiger partial charge on any atom is 0.335 e. The predicted molar refractivity (Wildman–Crippen MR) is 68.4 cm³/mol. The van der Waals surface area contributed by atoms with Crippen molar-refractivity contribution >= 4 is 16.9 Å². The lowest BCUT2D eigenvalue weighted by Gasteiger charge is -2.04. The summed E-state index contributed by atoms with van der Waals surface area (Å²) in [6.45, 7) is 3.19. The largest absolute Gasteiger partial charge is 0.478 e. The van der Waals surface area contributed by atoms with Gasteiger partial charge in [0, 0.05) is 23.6 Å². The van der Waals surface area contributed by atoms with Gasteiger partial charge in [0.2, 0.25) is 0 Å². The first-order chi connectivity index (χ1) is 8.22. The van der Waals surface area contributed by atoms with Gasteiger partial charge in [-0.3, -0.25) is 0 Å². The van der Waals surface area contributed by atoms with Crippen LogP contribution < -0.4 is 0 Å². The van der Waals surface area contributed by atoms with Crippen molar-refractivity contribution in [3.05, 3.63) is 36.0 Å². The molecule has 0 fully saturated rings. The van der Waals surface area contributed by atoms with Gasteiger partial charge in [0.15, 0.2) is 0 Å². The van der Waals surface area contributed by atoms with E-state index in [0.29, 0.717) is 5.56 Å². The number of carbonyl (C=O) groups is 1. The molecule has 2 aromatic rings. The molecule has 0 radical (unpaired) electrons. The Morgan fingerprint density at radius 3 is 2.82 bits per heavy atom. The molecule has 1 aromatic heterocycles. The number of fused-ring (bicyclic) bond motifs is 1. The minimum Gasteiger partial charge on any atom is -0.478 e. The Labute approximate surface area is 101 Å². The molecule has 1 heterocycles. The van der Waals surface area contributed by atoms with Crippen molar-refractivity contribution in [2.45, 2.75) is 32.7 Å². The molecule has 0 unspecified atom stereocenters. The van der Waals surface area contributed by atoms with Crippen LogP contribution in [0.25, 0.3) is 10.9 Å². The van der Waals surface area contributed by atoms with Crippen LogP contribution in [0.5, 0.6) is 0 Å². The van der Waals surface area contributed by atoms with Crippen LogP contribution in [-0.4, -0.2) is 15.6 Å². The zero-order valence-corrected chi connectivity index (χ0v) is 10.0. The fraction of sp³-hybridized carbons (Fsp3) is 0.357. The predicted octanol–water partition coefficient (Wildman–Crippen LogP) is 3.53. The molecule has 1 N–H and O–H groups in total. The second kappa shape index (κ2) is 5.04. The van der Waals surface area contributed by atoms with E-state index in [1.807, 2.05) is 18.3 Å². The van der Waals surface area contributed by atoms with Gasteiger partial charge in [-0.2, -0.15) is 0 Å². The van der Waals surface area contributed by atoms with Crippen LogP contribution in [0.4, 0.5) is 0 Å². The molecule has 0 bridgehead atoms. The van der Waals surface area contributed by atoms with Crippen molar-refractivity contribution < 1.29 is 9.90 Å². The molecule has 0 amide bonds. The molecule has 17 heavy (non-hydrogen) atoms. The first-order valence-electron chi connectivity index (χ1n) is 6.04. The summed E-state index contributed by atoms with van der Waals surface area (Å²) >= 11 is 0. The van der Waals surface area contributed by atoms with Gasteiger partial charge in [0.05, 0.1) is 5.56 Å². The van der Waals surface area contributed by atoms with Crippen molar-refractivity contribution in [1.29, 1.82) is 0 Å². The smallest absolute Gasteiger partial charge is 0.335 e. The fourth-order valence-corrected chi connectivity index (χ4v) is 2.06. The van der Waals surface area contributed by atoms with E-state index in [-0.39, 0.29) is 0 Å². The molecule has 90 valence electrons. The number of benzene rings is 1. The van der Waals surface area contributed by atoms with Crippen molar-refractivity contribution in [2.75, 3.05) is 0 Å². The number of unbranched alkanes of at least 4 members (excludes halogenated alkanes) is 2. The maximum absolute atomic E-state index is 10.9. The Morgan fingerprint density at radius 2 is 2.12 bits per heavy atom. The van der Waals surface area contributed by atoms with E-state index in [1.54, 1.807) is 12.1 Å². The van der Waals surface area contributed by atoms with E-state index in [0.717, 1.165) is 17.4 Å². The monoisotopic (exact) mass is 231 g/mol. The zero-order chi connectivity index (χ0) is 12.3. The molecule has 0 aliphatic carbocycles. The summed E-state index contributed by atoms with van der Waals surface area (Å²) in [5.41, 5.74) is 1.47. The highest BCUT2D eigenvalue weighted by atomic mass is 16.4. The number of aromatic nitrogens is 1. The van der Waals surface area contributed by atoms with Crippen LogP contribution in [0, 0.1) is 0 Å². The van der Waals surface area contributed by atoms with Crippen molar-refractivity contribution in [2.24, 2.45) is 0 Å². The Morgan fingerprint density at radius 1 is 1.29 bits per heavy atom. The van der Waals surface area contributed by atoms with E-state index in [1.165, 1.54) is 19.3 Å². The Balaban J connectivity index is 2.25. The van der Waals surface area contributed by atoms with E-state index >= 15 is 0 Å². The van der Waals surface area contributed by atoms with E-state index in [4.69, 9.17) is 5.11 Å². The summed E-state index contributed by atoms with van der Waals surface area (Å²) in [5, 5.41) is 9.92. The van der Waals surface area contributed by atoms with E-state index in [9.17, 15) is 4.79 Å². The van der Waals surface area contributed by atoms with E-state index < -0.39 is 5.97 Å². The second-order valence-electron chi connectivity index (χ2n) is 4.29. The number of hydrogen-bond acceptors (Lipinski definition) is 1. The summed E-state index contributed by atoms with van der Waals surface area (Å²) in [4.78, 5) is 10.9. The number of aryl methyl sites for hydroxylation is 1. The standard InChI is InChI=1S/C14H17NO2/c1-2-3-4-8-15-9-7-11-10-12(14(16)17)5-6-13(11)15/h5-7,9-10H,2-4,8H2,1H3,(H,16,17). The highest BCUT2D eigenvalue weighted by molar-refractivity contribution is 5.93. The van der Waals surface area contributed by atoms with Gasteiger partial charge >= 0.3 is 5.97 Å². The molecule has 3 heteroatoms. The Kier molecular flexibility index (Phi) is 3.47. The fourth-order valence-electron chi connectivity index (χ4n) is 2.06. The van der Waals surface area contributed by atoms with Crippen molar-refractivity contribution in [3.63, 3.8) is 0 Å². The lowest BCUT2D eigenvalue weighted by Crippen LogP contribution is -1.98. The normalized spacial score (nSPS) is 10.9. The van der Waals surface area contributed by atoms with Crippen LogP contribution in [-0.2, 0) is 6.54 Å². The zero-order valence-electron chi connectivity index (χ0n) is 10.0. The van der Waals surface area contributed by atoms with Crippen LogP contribution in [0.3, 0.4) is 0 Å². The number of carboxylic acids is 1. The number of carboxylic acid groups (broad SMARTS) is 1. The van der Waals surface area contributed by atoms with Gasteiger partial charge in [-0.15, -0.1) is 0 Å². The highest BCUT2D eigenvalue weighted by Crippen LogP contribution is 2.18. The van der Waals surface area contributed by atoms with Gasteiger partial charge in [0.25, 0.3) is 0 Å². The lowest BCUT2D eigenvalue weighted by atomic mass is 10.1. The second-order valence-corrected chi connectivity index (χ2v) is 4.29. The minimum atomic E-state index is -0.870. The van der Waals surface area contributed by atoms with E-state index in [2.05, 4.69) is 11.5 Å². The minimum absolute atomic E-state index is 0.351. The Hall–Kier alpha value is -1.77. The maximum atomic E-state index is 10.9. The third kappa shape index (κ3) is 2.49. The SMILES string of the molecule is CCCCCn1ccc2cc(C(=O)O)ccc21. The number of hydrogen-bond donors (Lipinski definition) is 1. The molecular weight excluding hydrogens is 214 g/mol. The highest BCUT2D eigenvalue weighted by Gasteiger charge is 2.06. The van der Waals surface area contributed by atoms with Crippen LogP contribution >= 0.6 is 0 Å². The van der Waals surface area contributed by atoms with Gasteiger partial charge < -0.3 is 9.67 Å². The molecule has 0 saturated heterocycles. The molecular formula is C14H17NO2. The topological polar surface area (TPSA) is 42.2 Å². The molecule has 0 spiro atoms.